The van der Waals surface area contributed by atoms with Crippen molar-refractivity contribution >= 4 is 23.5 Å². The smallest absolute Gasteiger partial charge is 0.407 e. The number of nitrogens with zero attached hydrogens (tertiary/aromatic N) is 2. The van der Waals surface area contributed by atoms with E-state index in [0.29, 0.717) is 25.6 Å². The quantitative estimate of drug-likeness (QED) is 0.542. The zero-order valence-electron chi connectivity index (χ0n) is 7.27. The Labute approximate surface area is 82.3 Å². The summed E-state index contributed by atoms with van der Waals surface area (Å²) in [4.78, 5) is 15.9. The van der Waals surface area contributed by atoms with E-state index < -0.39 is 6.09 Å². The van der Waals surface area contributed by atoms with E-state index in [0.717, 1.165) is 12.8 Å². The summed E-state index contributed by atoms with van der Waals surface area (Å²) in [7, 11) is 0. The molecule has 0 unspecified atom stereocenters. The molecular formula is C8H12N2O2S. The Bertz CT molecular complexity index is 230. The molecule has 0 aromatic rings. The molecule has 1 N–H and O–H groups in total. The number of rotatable bonds is 2. The van der Waals surface area contributed by atoms with Gasteiger partial charge in [-0.05, 0) is 31.0 Å². The highest BCUT2D eigenvalue weighted by Gasteiger charge is 2.21. The summed E-state index contributed by atoms with van der Waals surface area (Å²) in [6.45, 7) is 1.93. The molecule has 0 spiro atoms. The number of hydrogen-bond donors (Lipinski definition) is 1. The van der Waals surface area contributed by atoms with E-state index in [1.807, 2.05) is 0 Å². The summed E-state index contributed by atoms with van der Waals surface area (Å²) in [5.41, 5.74) is 0. The van der Waals surface area contributed by atoms with Crippen molar-refractivity contribution in [1.29, 1.82) is 0 Å². The number of isothiocyanates is 1. The number of hydrogen-bond acceptors (Lipinski definition) is 3. The third-order valence-electron chi connectivity index (χ3n) is 2.30. The average molecular weight is 200 g/mol. The van der Waals surface area contributed by atoms with Gasteiger partial charge in [0.2, 0.25) is 0 Å². The molecule has 4 nitrogen and oxygen atoms in total. The highest BCUT2D eigenvalue weighted by molar-refractivity contribution is 7.78. The highest BCUT2D eigenvalue weighted by Crippen LogP contribution is 2.16. The number of piperidine rings is 1. The third kappa shape index (κ3) is 3.13. The van der Waals surface area contributed by atoms with Crippen LogP contribution in [-0.2, 0) is 0 Å². The Morgan fingerprint density at radius 1 is 1.62 bits per heavy atom. The first-order valence-electron chi connectivity index (χ1n) is 4.25. The second-order valence-corrected chi connectivity index (χ2v) is 3.33. The minimum atomic E-state index is -0.822. The number of likely N-dealkylation sites (tertiary alicyclic amines) is 1. The van der Waals surface area contributed by atoms with Crippen LogP contribution in [0.15, 0.2) is 4.99 Å². The lowest BCUT2D eigenvalue weighted by Gasteiger charge is -2.28. The van der Waals surface area contributed by atoms with Gasteiger partial charge in [0.05, 0.1) is 11.7 Å². The third-order valence-corrected chi connectivity index (χ3v) is 2.43. The maximum Gasteiger partial charge on any atom is 0.407 e. The second kappa shape index (κ2) is 4.94. The van der Waals surface area contributed by atoms with Crippen LogP contribution in [0.4, 0.5) is 4.79 Å². The standard InChI is InChI=1S/C8H12N2O2S/c11-8(12)10-3-1-7(2-4-10)5-9-6-13/h7H,1-5H2,(H,11,12). The van der Waals surface area contributed by atoms with Crippen LogP contribution in [0.3, 0.4) is 0 Å². The van der Waals surface area contributed by atoms with Crippen molar-refractivity contribution in [3.05, 3.63) is 0 Å². The Morgan fingerprint density at radius 3 is 2.69 bits per heavy atom. The molecule has 0 saturated carbocycles. The molecule has 1 aliphatic rings. The van der Waals surface area contributed by atoms with Gasteiger partial charge in [0.1, 0.15) is 0 Å². The maximum atomic E-state index is 10.5. The fraction of sp³-hybridized carbons (Fsp3) is 0.750. The van der Waals surface area contributed by atoms with E-state index >= 15 is 0 Å². The topological polar surface area (TPSA) is 52.9 Å². The van der Waals surface area contributed by atoms with E-state index in [-0.39, 0.29) is 0 Å². The average Bonchev–Trinajstić information content (AvgIpc) is 2.15. The van der Waals surface area contributed by atoms with Crippen molar-refractivity contribution in [2.24, 2.45) is 10.9 Å². The molecule has 0 aromatic carbocycles. The minimum Gasteiger partial charge on any atom is -0.465 e. The molecule has 1 rings (SSSR count). The van der Waals surface area contributed by atoms with Crippen LogP contribution in [0, 0.1) is 5.92 Å². The predicted octanol–water partition coefficient (Wildman–Crippen LogP) is 1.48. The molecule has 0 radical (unpaired) electrons. The zero-order chi connectivity index (χ0) is 9.68. The maximum absolute atomic E-state index is 10.5. The van der Waals surface area contributed by atoms with Crippen molar-refractivity contribution in [2.75, 3.05) is 19.6 Å². The molecule has 0 aromatic heterocycles. The first-order valence-corrected chi connectivity index (χ1v) is 4.66. The molecule has 0 atom stereocenters. The largest absolute Gasteiger partial charge is 0.465 e. The zero-order valence-corrected chi connectivity index (χ0v) is 8.09. The Hall–Kier alpha value is -0.930. The van der Waals surface area contributed by atoms with Crippen molar-refractivity contribution in [1.82, 2.24) is 4.90 Å². The van der Waals surface area contributed by atoms with E-state index in [9.17, 15) is 4.79 Å². The first kappa shape index (κ1) is 10.2. The van der Waals surface area contributed by atoms with Gasteiger partial charge >= 0.3 is 6.09 Å². The van der Waals surface area contributed by atoms with Gasteiger partial charge in [0.15, 0.2) is 0 Å². The van der Waals surface area contributed by atoms with Gasteiger partial charge in [-0.3, -0.25) is 0 Å². The lowest BCUT2D eigenvalue weighted by Crippen LogP contribution is -2.38. The van der Waals surface area contributed by atoms with E-state index in [4.69, 9.17) is 5.11 Å². The van der Waals surface area contributed by atoms with Gasteiger partial charge in [-0.2, -0.15) is 0 Å². The van der Waals surface area contributed by atoms with Gasteiger partial charge in [0, 0.05) is 13.1 Å². The normalized spacial score (nSPS) is 18.0. The summed E-state index contributed by atoms with van der Waals surface area (Å²) in [5, 5.41) is 11.0. The molecule has 1 aliphatic heterocycles. The van der Waals surface area contributed by atoms with Crippen LogP contribution in [0.1, 0.15) is 12.8 Å². The molecule has 1 saturated heterocycles. The Balaban J connectivity index is 2.30. The SMILES string of the molecule is O=C(O)N1CCC(CN=C=S)CC1. The molecular weight excluding hydrogens is 188 g/mol. The minimum absolute atomic E-state index is 0.478. The van der Waals surface area contributed by atoms with Crippen molar-refractivity contribution in [2.45, 2.75) is 12.8 Å². The lowest BCUT2D eigenvalue weighted by atomic mass is 9.97. The molecule has 0 aliphatic carbocycles. The van der Waals surface area contributed by atoms with Crippen LogP contribution in [0.25, 0.3) is 0 Å². The van der Waals surface area contributed by atoms with Gasteiger partial charge in [-0.1, -0.05) is 0 Å². The predicted molar refractivity (Wildman–Crippen MR) is 52.2 cm³/mol. The van der Waals surface area contributed by atoms with Crippen molar-refractivity contribution < 1.29 is 9.90 Å². The van der Waals surface area contributed by atoms with E-state index in [2.05, 4.69) is 22.4 Å². The van der Waals surface area contributed by atoms with Gasteiger partial charge in [0.25, 0.3) is 0 Å². The van der Waals surface area contributed by atoms with Crippen molar-refractivity contribution in [3.63, 3.8) is 0 Å². The van der Waals surface area contributed by atoms with E-state index in [1.165, 1.54) is 4.90 Å². The van der Waals surface area contributed by atoms with Gasteiger partial charge < -0.3 is 10.0 Å². The summed E-state index contributed by atoms with van der Waals surface area (Å²) in [6.07, 6.45) is 0.941. The van der Waals surface area contributed by atoms with Crippen LogP contribution in [0.2, 0.25) is 0 Å². The summed E-state index contributed by atoms with van der Waals surface area (Å²) < 4.78 is 0. The first-order chi connectivity index (χ1) is 6.24. The summed E-state index contributed by atoms with van der Waals surface area (Å²) in [5.74, 6) is 0.478. The lowest BCUT2D eigenvalue weighted by molar-refractivity contribution is 0.125. The Morgan fingerprint density at radius 2 is 2.23 bits per heavy atom. The van der Waals surface area contributed by atoms with Crippen LogP contribution >= 0.6 is 12.2 Å². The molecule has 1 amide bonds. The number of aliphatic imine (C=N–C) groups is 1. The summed E-state index contributed by atoms with van der Waals surface area (Å²) >= 11 is 4.46. The molecule has 1 heterocycles. The number of amides is 1. The van der Waals surface area contributed by atoms with Crippen LogP contribution in [0.5, 0.6) is 0 Å². The van der Waals surface area contributed by atoms with Gasteiger partial charge in [-0.25, -0.2) is 9.79 Å². The number of thiocarbonyl (C=S) groups is 1. The van der Waals surface area contributed by atoms with Crippen LogP contribution in [-0.4, -0.2) is 40.9 Å². The molecule has 1 fully saturated rings. The van der Waals surface area contributed by atoms with Crippen molar-refractivity contribution in [3.8, 4) is 0 Å². The highest BCUT2D eigenvalue weighted by atomic mass is 32.1. The van der Waals surface area contributed by atoms with E-state index in [1.54, 1.807) is 0 Å². The van der Waals surface area contributed by atoms with Crippen LogP contribution < -0.4 is 0 Å². The fourth-order valence-electron chi connectivity index (χ4n) is 1.47. The summed E-state index contributed by atoms with van der Waals surface area (Å²) in [6, 6.07) is 0. The molecule has 5 heteroatoms. The molecule has 72 valence electrons. The van der Waals surface area contributed by atoms with Gasteiger partial charge in [-0.15, -0.1) is 0 Å². The monoisotopic (exact) mass is 200 g/mol. The molecule has 0 bridgehead atoms. The number of carboxylic acid groups (broad SMARTS) is 1. The molecule has 13 heavy (non-hydrogen) atoms. The Kier molecular flexibility index (Phi) is 3.86. The fourth-order valence-corrected chi connectivity index (χ4v) is 1.55. The number of carbonyl (C=O) groups is 1. The second-order valence-electron chi connectivity index (χ2n) is 3.14.